The van der Waals surface area contributed by atoms with Gasteiger partial charge in [-0.15, -0.1) is 0 Å². The second kappa shape index (κ2) is 8.04. The fraction of sp³-hybridized carbons (Fsp3) is 0.190. The quantitative estimate of drug-likeness (QED) is 0.578. The number of imide groups is 1. The van der Waals surface area contributed by atoms with Crippen LogP contribution in [0.2, 0.25) is 0 Å². The monoisotopic (exact) mass is 471 g/mol. The van der Waals surface area contributed by atoms with Gasteiger partial charge in [0.25, 0.3) is 11.1 Å². The number of carbonyl (C=O) groups excluding carboxylic acids is 3. The summed E-state index contributed by atoms with van der Waals surface area (Å²) in [4.78, 5) is 40.5. The van der Waals surface area contributed by atoms with Gasteiger partial charge in [-0.25, -0.2) is 0 Å². The molecule has 0 unspecified atom stereocenters. The van der Waals surface area contributed by atoms with Crippen LogP contribution < -0.4 is 5.32 Å². The summed E-state index contributed by atoms with van der Waals surface area (Å²) in [5.41, 5.74) is 4.25. The van der Waals surface area contributed by atoms with E-state index in [0.29, 0.717) is 12.2 Å². The number of halogens is 1. The van der Waals surface area contributed by atoms with Crippen LogP contribution in [0.3, 0.4) is 0 Å². The fourth-order valence-electron chi connectivity index (χ4n) is 3.28. The highest BCUT2D eigenvalue weighted by Crippen LogP contribution is 2.26. The third-order valence-electron chi connectivity index (χ3n) is 4.88. The van der Waals surface area contributed by atoms with Crippen molar-refractivity contribution in [3.8, 4) is 0 Å². The Labute approximate surface area is 180 Å². The van der Waals surface area contributed by atoms with Gasteiger partial charge in [-0.2, -0.15) is 0 Å². The summed E-state index contributed by atoms with van der Waals surface area (Å²) in [6, 6.07) is 13.3. The number of aromatic amines is 1. The minimum Gasteiger partial charge on any atom is -0.351 e. The normalized spacial score (nSPS) is 14.1. The van der Waals surface area contributed by atoms with Crippen molar-refractivity contribution in [1.82, 2.24) is 15.2 Å². The molecule has 3 amide bonds. The molecule has 6 nitrogen and oxygen atoms in total. The Kier molecular flexibility index (Phi) is 5.47. The molecule has 0 spiro atoms. The molecule has 2 N–H and O–H groups in total. The molecule has 3 aromatic rings. The number of rotatable bonds is 5. The molecule has 0 aliphatic carbocycles. The number of nitrogens with one attached hydrogen (secondary N) is 2. The topological polar surface area (TPSA) is 82.3 Å². The smallest absolute Gasteiger partial charge is 0.289 e. The predicted molar refractivity (Wildman–Crippen MR) is 117 cm³/mol. The Morgan fingerprint density at radius 1 is 1.21 bits per heavy atom. The number of amides is 3. The molecule has 1 saturated heterocycles. The summed E-state index contributed by atoms with van der Waals surface area (Å²) in [7, 11) is 0. The molecule has 4 rings (SSSR count). The van der Waals surface area contributed by atoms with E-state index >= 15 is 0 Å². The van der Waals surface area contributed by atoms with Crippen molar-refractivity contribution < 1.29 is 14.4 Å². The van der Waals surface area contributed by atoms with E-state index in [0.717, 1.165) is 43.8 Å². The summed E-state index contributed by atoms with van der Waals surface area (Å²) in [6.45, 7) is 2.60. The van der Waals surface area contributed by atoms with Crippen molar-refractivity contribution >= 4 is 55.6 Å². The zero-order chi connectivity index (χ0) is 20.5. The molecular weight excluding hydrogens is 454 g/mol. The highest BCUT2D eigenvalue weighted by molar-refractivity contribution is 9.10. The van der Waals surface area contributed by atoms with Gasteiger partial charge in [0, 0.05) is 21.9 Å². The first-order valence-corrected chi connectivity index (χ1v) is 10.8. The molecule has 0 saturated carbocycles. The molecule has 0 radical (unpaired) electrons. The van der Waals surface area contributed by atoms with Gasteiger partial charge in [0.2, 0.25) is 5.91 Å². The fourth-order valence-corrected chi connectivity index (χ4v) is 4.35. The zero-order valence-corrected chi connectivity index (χ0v) is 18.0. The number of aryl methyl sites for hydroxylation is 1. The van der Waals surface area contributed by atoms with Gasteiger partial charge in [0.15, 0.2) is 0 Å². The lowest BCUT2D eigenvalue weighted by Gasteiger charge is -2.13. The second-order valence-electron chi connectivity index (χ2n) is 6.85. The molecule has 29 heavy (non-hydrogen) atoms. The summed E-state index contributed by atoms with van der Waals surface area (Å²) in [5.74, 6) is -0.155. The summed E-state index contributed by atoms with van der Waals surface area (Å²) < 4.78 is 1.00. The maximum absolute atomic E-state index is 12.6. The highest BCUT2D eigenvalue weighted by Gasteiger charge is 2.29. The minimum atomic E-state index is -0.213. The molecule has 8 heteroatoms. The first kappa shape index (κ1) is 19.7. The van der Waals surface area contributed by atoms with E-state index < -0.39 is 0 Å². The van der Waals surface area contributed by atoms with E-state index in [-0.39, 0.29) is 29.4 Å². The number of fused-ring (bicyclic) bond motifs is 1. The van der Waals surface area contributed by atoms with Crippen LogP contribution in [0.4, 0.5) is 4.79 Å². The van der Waals surface area contributed by atoms with E-state index in [4.69, 9.17) is 0 Å². The van der Waals surface area contributed by atoms with Crippen molar-refractivity contribution in [2.45, 2.75) is 20.0 Å². The van der Waals surface area contributed by atoms with Gasteiger partial charge in [0.1, 0.15) is 5.69 Å². The number of hydrogen-bond donors (Lipinski definition) is 2. The molecule has 0 atom stereocenters. The molecule has 1 fully saturated rings. The van der Waals surface area contributed by atoms with Crippen LogP contribution in [0.5, 0.6) is 0 Å². The van der Waals surface area contributed by atoms with Crippen molar-refractivity contribution in [2.75, 3.05) is 5.75 Å². The number of nitrogens with zero attached hydrogens (tertiary/aromatic N) is 1. The lowest BCUT2D eigenvalue weighted by Crippen LogP contribution is -2.28. The zero-order valence-electron chi connectivity index (χ0n) is 15.6. The average molecular weight is 472 g/mol. The van der Waals surface area contributed by atoms with Gasteiger partial charge >= 0.3 is 0 Å². The predicted octanol–water partition coefficient (Wildman–Crippen LogP) is 4.36. The molecule has 1 aliphatic rings. The Hall–Kier alpha value is -2.58. The second-order valence-corrected chi connectivity index (χ2v) is 8.63. The van der Waals surface area contributed by atoms with Crippen LogP contribution in [0, 0.1) is 6.92 Å². The van der Waals surface area contributed by atoms with Gasteiger partial charge in [-0.1, -0.05) is 52.0 Å². The van der Waals surface area contributed by atoms with Crippen molar-refractivity contribution in [2.24, 2.45) is 0 Å². The number of aromatic nitrogens is 1. The maximum Gasteiger partial charge on any atom is 0.289 e. The number of H-pyrrole nitrogens is 1. The number of thioether (sulfide) groups is 1. The van der Waals surface area contributed by atoms with Crippen LogP contribution in [-0.4, -0.2) is 32.7 Å². The van der Waals surface area contributed by atoms with Crippen LogP contribution >= 0.6 is 27.7 Å². The third-order valence-corrected chi connectivity index (χ3v) is 6.59. The van der Waals surface area contributed by atoms with Gasteiger partial charge in [0.05, 0.1) is 12.3 Å². The molecule has 0 bridgehead atoms. The standard InChI is InChI=1S/C21H18BrN3O3S/c1-12-15-8-18(24-17(15)6-5-16(12)22)20(27)23-9-13-3-2-4-14(7-13)10-25-19(26)11-29-21(25)28/h2-8,24H,9-11H2,1H3,(H,23,27). The molecule has 148 valence electrons. The molecule has 2 aromatic carbocycles. The minimum absolute atomic E-state index is 0.167. The highest BCUT2D eigenvalue weighted by atomic mass is 79.9. The third kappa shape index (κ3) is 4.09. The molecular formula is C21H18BrN3O3S. The van der Waals surface area contributed by atoms with Gasteiger partial charge in [-0.05, 0) is 41.8 Å². The average Bonchev–Trinajstić information content (AvgIpc) is 3.29. The van der Waals surface area contributed by atoms with E-state index in [1.807, 2.05) is 49.4 Å². The van der Waals surface area contributed by atoms with Crippen LogP contribution in [0.1, 0.15) is 27.2 Å². The van der Waals surface area contributed by atoms with Crippen LogP contribution in [-0.2, 0) is 17.9 Å². The lowest BCUT2D eigenvalue weighted by molar-refractivity contribution is -0.125. The van der Waals surface area contributed by atoms with Gasteiger partial charge in [-0.3, -0.25) is 19.3 Å². The number of carbonyl (C=O) groups is 3. The first-order chi connectivity index (χ1) is 13.9. The lowest BCUT2D eigenvalue weighted by atomic mass is 10.1. The summed E-state index contributed by atoms with van der Waals surface area (Å²) >= 11 is 4.53. The Balaban J connectivity index is 1.44. The molecule has 2 heterocycles. The first-order valence-electron chi connectivity index (χ1n) is 9.03. The Bertz CT molecular complexity index is 1130. The van der Waals surface area contributed by atoms with Crippen molar-refractivity contribution in [3.05, 3.63) is 69.3 Å². The van der Waals surface area contributed by atoms with Crippen LogP contribution in [0.25, 0.3) is 10.9 Å². The van der Waals surface area contributed by atoms with Crippen molar-refractivity contribution in [1.29, 1.82) is 0 Å². The van der Waals surface area contributed by atoms with Crippen molar-refractivity contribution in [3.63, 3.8) is 0 Å². The number of hydrogen-bond acceptors (Lipinski definition) is 4. The summed E-state index contributed by atoms with van der Waals surface area (Å²) in [6.07, 6.45) is 0. The Morgan fingerprint density at radius 3 is 2.76 bits per heavy atom. The summed E-state index contributed by atoms with van der Waals surface area (Å²) in [5, 5.41) is 3.71. The maximum atomic E-state index is 12.6. The van der Waals surface area contributed by atoms with E-state index in [1.165, 1.54) is 4.90 Å². The molecule has 1 aromatic heterocycles. The number of benzene rings is 2. The van der Waals surface area contributed by atoms with E-state index in [2.05, 4.69) is 26.2 Å². The Morgan fingerprint density at radius 2 is 2.00 bits per heavy atom. The van der Waals surface area contributed by atoms with E-state index in [1.54, 1.807) is 0 Å². The van der Waals surface area contributed by atoms with Gasteiger partial charge < -0.3 is 10.3 Å². The largest absolute Gasteiger partial charge is 0.351 e. The SMILES string of the molecule is Cc1c(Br)ccc2[nH]c(C(=O)NCc3cccc(CN4C(=O)CSC4=O)c3)cc12. The van der Waals surface area contributed by atoms with Crippen LogP contribution in [0.15, 0.2) is 46.9 Å². The molecule has 1 aliphatic heterocycles. The van der Waals surface area contributed by atoms with E-state index in [9.17, 15) is 14.4 Å².